The third kappa shape index (κ3) is 5.02. The van der Waals surface area contributed by atoms with E-state index in [1.807, 2.05) is 0 Å². The van der Waals surface area contributed by atoms with Crippen molar-refractivity contribution in [3.05, 3.63) is 46.4 Å². The van der Waals surface area contributed by atoms with Gasteiger partial charge in [0, 0.05) is 12.1 Å². The molecule has 0 aromatic heterocycles. The van der Waals surface area contributed by atoms with Crippen molar-refractivity contribution < 1.29 is 18.3 Å². The number of phenolic OH excluding ortho intramolecular Hbond substituents is 1. The Morgan fingerprint density at radius 1 is 1.17 bits per heavy atom. The van der Waals surface area contributed by atoms with Gasteiger partial charge in [0.2, 0.25) is 5.91 Å². The van der Waals surface area contributed by atoms with Crippen molar-refractivity contribution in [2.24, 2.45) is 0 Å². The first-order valence-electron chi connectivity index (χ1n) is 6.83. The van der Waals surface area contributed by atoms with Crippen LogP contribution in [-0.2, 0) is 16.1 Å². The summed E-state index contributed by atoms with van der Waals surface area (Å²) >= 11 is 9.67. The molecule has 1 atom stereocenters. The van der Waals surface area contributed by atoms with Crippen LogP contribution in [0, 0.1) is 0 Å². The van der Waals surface area contributed by atoms with E-state index in [2.05, 4.69) is 10.0 Å². The summed E-state index contributed by atoms with van der Waals surface area (Å²) in [6.45, 7) is 1.75. The van der Waals surface area contributed by atoms with Crippen LogP contribution in [0.4, 0.5) is 11.4 Å². The monoisotopic (exact) mass is 388 g/mol. The minimum Gasteiger partial charge on any atom is -0.505 e. The molecule has 0 saturated carbocycles. The number of anilines is 2. The Balaban J connectivity index is 1.98. The molecule has 2 aromatic carbocycles. The predicted molar refractivity (Wildman–Crippen MR) is 95.9 cm³/mol. The normalized spacial score (nSPS) is 11.6. The number of rotatable bonds is 6. The molecule has 2 aromatic rings. The Kier molecular flexibility index (Phi) is 6.30. The SMILES string of the molecule is CCC(=O)Nc1ccc(OS(=O)Nc2cc(Cl)c(O)c(Cl)c2)cc1. The maximum Gasteiger partial charge on any atom is 0.316 e. The number of phenols is 1. The van der Waals surface area contributed by atoms with E-state index < -0.39 is 11.3 Å². The topological polar surface area (TPSA) is 87.7 Å². The van der Waals surface area contributed by atoms with Crippen LogP contribution in [0.3, 0.4) is 0 Å². The summed E-state index contributed by atoms with van der Waals surface area (Å²) in [6.07, 6.45) is 0.379. The average Bonchev–Trinajstić information content (AvgIpc) is 2.54. The lowest BCUT2D eigenvalue weighted by Crippen LogP contribution is -2.11. The van der Waals surface area contributed by atoms with Crippen LogP contribution in [-0.4, -0.2) is 15.2 Å². The van der Waals surface area contributed by atoms with Crippen molar-refractivity contribution in [2.75, 3.05) is 10.0 Å². The predicted octanol–water partition coefficient (Wildman–Crippen LogP) is 4.12. The Bertz CT molecular complexity index is 746. The minimum atomic E-state index is -1.90. The molecule has 3 N–H and O–H groups in total. The fraction of sp³-hybridized carbons (Fsp3) is 0.133. The van der Waals surface area contributed by atoms with Gasteiger partial charge in [-0.15, -0.1) is 0 Å². The van der Waals surface area contributed by atoms with Gasteiger partial charge in [0.05, 0.1) is 15.7 Å². The van der Waals surface area contributed by atoms with Crippen LogP contribution in [0.5, 0.6) is 11.5 Å². The number of benzene rings is 2. The molecule has 0 radical (unpaired) electrons. The standard InChI is InChI=1S/C15H14Cl2N2O4S/c1-2-14(20)18-9-3-5-11(6-4-9)23-24(22)19-10-7-12(16)15(21)13(17)8-10/h3-8,19,21H,2H2,1H3,(H,18,20). The summed E-state index contributed by atoms with van der Waals surface area (Å²) in [7, 11) is 0. The number of hydrogen-bond donors (Lipinski definition) is 3. The van der Waals surface area contributed by atoms with E-state index in [1.165, 1.54) is 12.1 Å². The summed E-state index contributed by atoms with van der Waals surface area (Å²) in [5, 5.41) is 12.2. The van der Waals surface area contributed by atoms with E-state index in [4.69, 9.17) is 27.4 Å². The Hall–Kier alpha value is -1.96. The zero-order valence-corrected chi connectivity index (χ0v) is 14.8. The van der Waals surface area contributed by atoms with Crippen molar-refractivity contribution >= 4 is 51.8 Å². The number of hydrogen-bond acceptors (Lipinski definition) is 4. The Morgan fingerprint density at radius 2 is 1.75 bits per heavy atom. The fourth-order valence-electron chi connectivity index (χ4n) is 1.67. The highest BCUT2D eigenvalue weighted by Gasteiger charge is 2.10. The first-order valence-corrected chi connectivity index (χ1v) is 8.66. The number of nitrogens with one attached hydrogen (secondary N) is 2. The van der Waals surface area contributed by atoms with Crippen LogP contribution in [0.25, 0.3) is 0 Å². The Labute approximate surface area is 151 Å². The Morgan fingerprint density at radius 3 is 2.29 bits per heavy atom. The molecule has 0 heterocycles. The lowest BCUT2D eigenvalue weighted by atomic mass is 10.3. The van der Waals surface area contributed by atoms with E-state index in [1.54, 1.807) is 31.2 Å². The highest BCUT2D eigenvalue weighted by Crippen LogP contribution is 2.34. The van der Waals surface area contributed by atoms with Gasteiger partial charge in [-0.2, -0.15) is 4.21 Å². The molecule has 0 aliphatic carbocycles. The lowest BCUT2D eigenvalue weighted by Gasteiger charge is -2.09. The molecule has 0 aliphatic heterocycles. The van der Waals surface area contributed by atoms with Crippen LogP contribution >= 0.6 is 23.2 Å². The molecule has 0 spiro atoms. The third-order valence-electron chi connectivity index (χ3n) is 2.85. The van der Waals surface area contributed by atoms with Crippen molar-refractivity contribution in [3.63, 3.8) is 0 Å². The van der Waals surface area contributed by atoms with Crippen molar-refractivity contribution in [3.8, 4) is 11.5 Å². The number of carbonyl (C=O) groups is 1. The second kappa shape index (κ2) is 8.23. The zero-order chi connectivity index (χ0) is 17.7. The smallest absolute Gasteiger partial charge is 0.316 e. The maximum atomic E-state index is 12.0. The van der Waals surface area contributed by atoms with Gasteiger partial charge in [0.25, 0.3) is 0 Å². The van der Waals surface area contributed by atoms with Gasteiger partial charge in [0.15, 0.2) is 5.75 Å². The molecule has 1 unspecified atom stereocenters. The average molecular weight is 389 g/mol. The zero-order valence-electron chi connectivity index (χ0n) is 12.5. The number of amides is 1. The lowest BCUT2D eigenvalue weighted by molar-refractivity contribution is -0.115. The molecule has 0 aliphatic rings. The molecule has 128 valence electrons. The molecule has 0 bridgehead atoms. The van der Waals surface area contributed by atoms with Crippen LogP contribution in [0.1, 0.15) is 13.3 Å². The molecule has 24 heavy (non-hydrogen) atoms. The number of halogens is 2. The molecular formula is C15H14Cl2N2O4S. The van der Waals surface area contributed by atoms with Gasteiger partial charge in [0.1, 0.15) is 5.75 Å². The van der Waals surface area contributed by atoms with Crippen LogP contribution in [0.15, 0.2) is 36.4 Å². The largest absolute Gasteiger partial charge is 0.505 e. The second-order valence-corrected chi connectivity index (χ2v) is 6.29. The maximum absolute atomic E-state index is 12.0. The molecule has 0 fully saturated rings. The molecule has 2 rings (SSSR count). The fourth-order valence-corrected chi connectivity index (χ4v) is 2.80. The molecular weight excluding hydrogens is 375 g/mol. The van der Waals surface area contributed by atoms with E-state index in [0.717, 1.165) is 0 Å². The first-order chi connectivity index (χ1) is 11.4. The van der Waals surface area contributed by atoms with Crippen molar-refractivity contribution in [1.82, 2.24) is 0 Å². The summed E-state index contributed by atoms with van der Waals surface area (Å²) in [4.78, 5) is 11.3. The second-order valence-electron chi connectivity index (χ2n) is 4.63. The van der Waals surface area contributed by atoms with Crippen molar-refractivity contribution in [1.29, 1.82) is 0 Å². The number of aromatic hydroxyl groups is 1. The minimum absolute atomic E-state index is 0.0259. The van der Waals surface area contributed by atoms with Gasteiger partial charge in [-0.1, -0.05) is 30.1 Å². The van der Waals surface area contributed by atoms with Crippen LogP contribution in [0.2, 0.25) is 10.0 Å². The van der Waals surface area contributed by atoms with E-state index >= 15 is 0 Å². The van der Waals surface area contributed by atoms with Gasteiger partial charge in [-0.25, -0.2) is 0 Å². The van der Waals surface area contributed by atoms with Gasteiger partial charge in [-0.05, 0) is 36.4 Å². The van der Waals surface area contributed by atoms with Crippen LogP contribution < -0.4 is 14.2 Å². The summed E-state index contributed by atoms with van der Waals surface area (Å²) in [6, 6.07) is 9.15. The summed E-state index contributed by atoms with van der Waals surface area (Å²) < 4.78 is 19.7. The molecule has 1 amide bonds. The third-order valence-corrected chi connectivity index (χ3v) is 4.17. The molecule has 9 heteroatoms. The highest BCUT2D eigenvalue weighted by atomic mass is 35.5. The van der Waals surface area contributed by atoms with E-state index in [0.29, 0.717) is 23.5 Å². The van der Waals surface area contributed by atoms with Gasteiger partial charge >= 0.3 is 11.3 Å². The van der Waals surface area contributed by atoms with Crippen molar-refractivity contribution in [2.45, 2.75) is 13.3 Å². The van der Waals surface area contributed by atoms with Gasteiger partial charge in [-0.3, -0.25) is 9.52 Å². The molecule has 6 nitrogen and oxygen atoms in total. The summed E-state index contributed by atoms with van der Waals surface area (Å²) in [5.41, 5.74) is 0.943. The first kappa shape index (κ1) is 18.4. The van der Waals surface area contributed by atoms with E-state index in [9.17, 15) is 14.1 Å². The van der Waals surface area contributed by atoms with E-state index in [-0.39, 0.29) is 21.7 Å². The number of carbonyl (C=O) groups excluding carboxylic acids is 1. The molecule has 0 saturated heterocycles. The highest BCUT2D eigenvalue weighted by molar-refractivity contribution is 7.81. The van der Waals surface area contributed by atoms with Gasteiger partial charge < -0.3 is 14.6 Å². The summed E-state index contributed by atoms with van der Waals surface area (Å²) in [5.74, 6) is -0.0124. The quantitative estimate of drug-likeness (QED) is 0.649.